The maximum Gasteiger partial charge on any atom is 0.410 e. The molecule has 1 amide bonds. The van der Waals surface area contributed by atoms with Gasteiger partial charge in [-0.3, -0.25) is 4.79 Å². The van der Waals surface area contributed by atoms with Crippen LogP contribution in [0.15, 0.2) is 6.20 Å². The van der Waals surface area contributed by atoms with E-state index < -0.39 is 24.2 Å². The molecule has 29 heavy (non-hydrogen) atoms. The molecule has 160 valence electrons. The first-order chi connectivity index (χ1) is 13.8. The van der Waals surface area contributed by atoms with Crippen molar-refractivity contribution in [2.45, 2.75) is 57.3 Å². The van der Waals surface area contributed by atoms with Crippen LogP contribution >= 0.6 is 0 Å². The highest BCUT2D eigenvalue weighted by Gasteiger charge is 2.49. The van der Waals surface area contributed by atoms with E-state index in [2.05, 4.69) is 10.4 Å². The van der Waals surface area contributed by atoms with Crippen LogP contribution in [0.25, 0.3) is 0 Å². The van der Waals surface area contributed by atoms with Gasteiger partial charge in [-0.05, 0) is 44.9 Å². The second-order valence-corrected chi connectivity index (χ2v) is 8.08. The van der Waals surface area contributed by atoms with Crippen LogP contribution in [0.2, 0.25) is 0 Å². The zero-order valence-corrected chi connectivity index (χ0v) is 16.2. The lowest BCUT2D eigenvalue weighted by molar-refractivity contribution is -0.175. The molecule has 4 rings (SSSR count). The average Bonchev–Trinajstić information content (AvgIpc) is 3.45. The Labute approximate surface area is 166 Å². The molecular formula is C19H25F3N4O3. The highest BCUT2D eigenvalue weighted by atomic mass is 19.4. The monoisotopic (exact) mass is 414 g/mol. The smallest absolute Gasteiger partial charge is 0.410 e. The normalized spacial score (nSPS) is 27.2. The molecule has 2 fully saturated rings. The summed E-state index contributed by atoms with van der Waals surface area (Å²) in [5.74, 6) is -0.553. The lowest BCUT2D eigenvalue weighted by atomic mass is 9.85. The summed E-state index contributed by atoms with van der Waals surface area (Å²) in [6, 6.07) is -2.32. The minimum absolute atomic E-state index is 0.00697. The van der Waals surface area contributed by atoms with Crippen molar-refractivity contribution in [3.05, 3.63) is 11.8 Å². The molecule has 1 aliphatic carbocycles. The number of carbonyl (C=O) groups excluding carboxylic acids is 2. The van der Waals surface area contributed by atoms with Crippen LogP contribution in [-0.2, 0) is 9.53 Å². The number of alkyl halides is 3. The van der Waals surface area contributed by atoms with E-state index in [0.29, 0.717) is 13.1 Å². The number of anilines is 1. The van der Waals surface area contributed by atoms with E-state index in [1.54, 1.807) is 11.8 Å². The molecule has 0 radical (unpaired) electrons. The Kier molecular flexibility index (Phi) is 5.20. The van der Waals surface area contributed by atoms with Crippen molar-refractivity contribution in [2.75, 3.05) is 25.0 Å². The van der Waals surface area contributed by atoms with Gasteiger partial charge in [0.1, 0.15) is 11.4 Å². The first-order valence-corrected chi connectivity index (χ1v) is 10.2. The van der Waals surface area contributed by atoms with Crippen molar-refractivity contribution >= 4 is 17.7 Å². The van der Waals surface area contributed by atoms with Gasteiger partial charge in [0.05, 0.1) is 12.8 Å². The summed E-state index contributed by atoms with van der Waals surface area (Å²) in [7, 11) is 0. The van der Waals surface area contributed by atoms with Gasteiger partial charge in [-0.1, -0.05) is 0 Å². The van der Waals surface area contributed by atoms with Crippen molar-refractivity contribution in [1.29, 1.82) is 0 Å². The predicted molar refractivity (Wildman–Crippen MR) is 97.3 cm³/mol. The number of nitrogens with zero attached hydrogens (tertiary/aromatic N) is 3. The zero-order valence-electron chi connectivity index (χ0n) is 16.2. The first-order valence-electron chi connectivity index (χ1n) is 10.2. The minimum Gasteiger partial charge on any atom is -0.462 e. The highest BCUT2D eigenvalue weighted by molar-refractivity contribution is 5.94. The molecule has 0 spiro atoms. The van der Waals surface area contributed by atoms with Crippen LogP contribution in [0.4, 0.5) is 19.0 Å². The fourth-order valence-corrected chi connectivity index (χ4v) is 4.39. The van der Waals surface area contributed by atoms with Crippen LogP contribution in [0.1, 0.15) is 55.4 Å². The van der Waals surface area contributed by atoms with Crippen molar-refractivity contribution < 1.29 is 27.5 Å². The summed E-state index contributed by atoms with van der Waals surface area (Å²) >= 11 is 0. The summed E-state index contributed by atoms with van der Waals surface area (Å²) < 4.78 is 47.1. The zero-order chi connectivity index (χ0) is 20.8. The number of hydrogen-bond acceptors (Lipinski definition) is 5. The lowest BCUT2D eigenvalue weighted by Gasteiger charge is -2.41. The summed E-state index contributed by atoms with van der Waals surface area (Å²) in [5, 5.41) is 6.95. The minimum atomic E-state index is -4.49. The molecule has 1 aromatic heterocycles. The number of aromatic nitrogens is 2. The largest absolute Gasteiger partial charge is 0.462 e. The topological polar surface area (TPSA) is 76.5 Å². The van der Waals surface area contributed by atoms with Gasteiger partial charge < -0.3 is 15.0 Å². The Morgan fingerprint density at radius 1 is 1.31 bits per heavy atom. The Bertz CT molecular complexity index is 790. The third kappa shape index (κ3) is 3.93. The fourth-order valence-electron chi connectivity index (χ4n) is 4.39. The molecule has 0 bridgehead atoms. The molecule has 7 nitrogen and oxygen atoms in total. The second-order valence-electron chi connectivity index (χ2n) is 8.08. The van der Waals surface area contributed by atoms with Gasteiger partial charge in [0.15, 0.2) is 6.04 Å². The standard InChI is InChI=1S/C19H25F3N4O3/c1-2-29-18(28)13-9-23-26-15(19(20,21)22)8-14(24-16(13)26)12-4-3-7-25(10-12)17(27)11-5-6-11/h9,11-12,14-15,24H,2-8,10H2,1H3/t12-,14-,15+/m0/s1. The summed E-state index contributed by atoms with van der Waals surface area (Å²) in [6.45, 7) is 2.86. The number of piperidine rings is 1. The maximum atomic E-state index is 13.8. The average molecular weight is 414 g/mol. The highest BCUT2D eigenvalue weighted by Crippen LogP contribution is 2.43. The third-order valence-electron chi connectivity index (χ3n) is 6.03. The number of amides is 1. The molecule has 3 atom stereocenters. The van der Waals surface area contributed by atoms with E-state index >= 15 is 0 Å². The van der Waals surface area contributed by atoms with Crippen molar-refractivity contribution in [2.24, 2.45) is 11.8 Å². The molecule has 1 N–H and O–H groups in total. The summed E-state index contributed by atoms with van der Waals surface area (Å²) in [4.78, 5) is 26.4. The summed E-state index contributed by atoms with van der Waals surface area (Å²) in [5.41, 5.74) is 0.00697. The van der Waals surface area contributed by atoms with Crippen molar-refractivity contribution in [3.63, 3.8) is 0 Å². The number of hydrogen-bond donors (Lipinski definition) is 1. The molecule has 3 aliphatic rings. The molecule has 1 saturated carbocycles. The predicted octanol–water partition coefficient (Wildman–Crippen LogP) is 3.00. The van der Waals surface area contributed by atoms with E-state index in [1.807, 2.05) is 0 Å². The number of carbonyl (C=O) groups is 2. The first kappa shape index (κ1) is 20.0. The van der Waals surface area contributed by atoms with Gasteiger partial charge in [0.2, 0.25) is 5.91 Å². The Morgan fingerprint density at radius 3 is 2.72 bits per heavy atom. The quantitative estimate of drug-likeness (QED) is 0.767. The van der Waals surface area contributed by atoms with Gasteiger partial charge in [-0.15, -0.1) is 0 Å². The van der Waals surface area contributed by atoms with Gasteiger partial charge in [-0.25, -0.2) is 9.48 Å². The molecular weight excluding hydrogens is 389 g/mol. The Morgan fingerprint density at radius 2 is 2.07 bits per heavy atom. The molecule has 1 saturated heterocycles. The maximum absolute atomic E-state index is 13.8. The molecule has 2 aliphatic heterocycles. The van der Waals surface area contributed by atoms with Crippen molar-refractivity contribution in [1.82, 2.24) is 14.7 Å². The van der Waals surface area contributed by atoms with Crippen LogP contribution < -0.4 is 5.32 Å². The number of halogens is 3. The number of rotatable bonds is 4. The van der Waals surface area contributed by atoms with Gasteiger partial charge >= 0.3 is 12.1 Å². The van der Waals surface area contributed by atoms with E-state index in [1.165, 1.54) is 0 Å². The molecule has 0 unspecified atom stereocenters. The second kappa shape index (κ2) is 7.53. The van der Waals surface area contributed by atoms with Crippen LogP contribution in [0, 0.1) is 11.8 Å². The third-order valence-corrected chi connectivity index (χ3v) is 6.03. The van der Waals surface area contributed by atoms with E-state index in [0.717, 1.165) is 36.6 Å². The van der Waals surface area contributed by atoms with E-state index in [4.69, 9.17) is 4.74 Å². The van der Waals surface area contributed by atoms with Crippen LogP contribution in [-0.4, -0.2) is 58.5 Å². The number of fused-ring (bicyclic) bond motifs is 1. The van der Waals surface area contributed by atoms with E-state index in [-0.39, 0.29) is 42.2 Å². The number of likely N-dealkylation sites (tertiary alicyclic amines) is 1. The molecule has 0 aromatic carbocycles. The van der Waals surface area contributed by atoms with Gasteiger partial charge in [0, 0.05) is 25.0 Å². The SMILES string of the molecule is CCOC(=O)c1cnn2c1N[C@H]([C@H]1CCCN(C(=O)C3CC3)C1)C[C@@H]2C(F)(F)F. The molecule has 3 heterocycles. The fraction of sp³-hybridized carbons (Fsp3) is 0.737. The summed E-state index contributed by atoms with van der Waals surface area (Å²) in [6.07, 6.45) is -0.242. The van der Waals surface area contributed by atoms with Crippen molar-refractivity contribution in [3.8, 4) is 0 Å². The van der Waals surface area contributed by atoms with E-state index in [9.17, 15) is 22.8 Å². The van der Waals surface area contributed by atoms with Gasteiger partial charge in [0.25, 0.3) is 0 Å². The van der Waals surface area contributed by atoms with Crippen LogP contribution in [0.5, 0.6) is 0 Å². The van der Waals surface area contributed by atoms with Gasteiger partial charge in [-0.2, -0.15) is 18.3 Å². The Hall–Kier alpha value is -2.26. The number of nitrogens with one attached hydrogen (secondary N) is 1. The molecule has 10 heteroatoms. The Balaban J connectivity index is 1.58. The van der Waals surface area contributed by atoms with Crippen LogP contribution in [0.3, 0.4) is 0 Å². The number of esters is 1. The number of ether oxygens (including phenoxy) is 1. The molecule has 1 aromatic rings. The lowest BCUT2D eigenvalue weighted by Crippen LogP contribution is -2.49.